The number of Topliss-reactive ketones (excluding diaryl/α,β-unsaturated/α-hetero) is 1. The van der Waals surface area contributed by atoms with Crippen LogP contribution in [0.1, 0.15) is 58.8 Å². The lowest BCUT2D eigenvalue weighted by molar-refractivity contribution is -0.154. The molecule has 0 N–H and O–H groups in total. The van der Waals surface area contributed by atoms with E-state index in [1.54, 1.807) is 0 Å². The first-order chi connectivity index (χ1) is 11.4. The van der Waals surface area contributed by atoms with Crippen LogP contribution < -0.4 is 0 Å². The Balaban J connectivity index is 1.65. The molecule has 0 unspecified atom stereocenters. The summed E-state index contributed by atoms with van der Waals surface area (Å²) in [7, 11) is 0. The van der Waals surface area contributed by atoms with E-state index < -0.39 is 0 Å². The summed E-state index contributed by atoms with van der Waals surface area (Å²) in [5.41, 5.74) is 1.53. The van der Waals surface area contributed by atoms with Gasteiger partial charge in [-0.3, -0.25) is 9.59 Å². The first kappa shape index (κ1) is 15.3. The second-order valence-corrected chi connectivity index (χ2v) is 9.61. The van der Waals surface area contributed by atoms with E-state index in [1.807, 2.05) is 6.08 Å². The summed E-state index contributed by atoms with van der Waals surface area (Å²) >= 11 is 0. The summed E-state index contributed by atoms with van der Waals surface area (Å²) in [6.07, 6.45) is 9.07. The Labute approximate surface area is 144 Å². The summed E-state index contributed by atoms with van der Waals surface area (Å²) in [6, 6.07) is 0. The molecule has 6 atom stereocenters. The van der Waals surface area contributed by atoms with Gasteiger partial charge in [0, 0.05) is 23.2 Å². The van der Waals surface area contributed by atoms with Gasteiger partial charge < -0.3 is 4.74 Å². The molecule has 3 nitrogen and oxygen atoms in total. The molecule has 2 bridgehead atoms. The largest absolute Gasteiger partial charge is 0.380 e. The zero-order valence-electron chi connectivity index (χ0n) is 14.9. The number of carbonyl (C=O) groups is 2. The van der Waals surface area contributed by atoms with E-state index in [0.29, 0.717) is 24.2 Å². The second kappa shape index (κ2) is 4.60. The van der Waals surface area contributed by atoms with Crippen molar-refractivity contribution in [3.63, 3.8) is 0 Å². The molecular formula is C21H28O3. The van der Waals surface area contributed by atoms with Crippen molar-refractivity contribution in [2.24, 2.45) is 34.0 Å². The Morgan fingerprint density at radius 3 is 2.71 bits per heavy atom. The molecule has 5 aliphatic rings. The minimum Gasteiger partial charge on any atom is -0.380 e. The van der Waals surface area contributed by atoms with Crippen LogP contribution in [0.3, 0.4) is 0 Å². The van der Waals surface area contributed by atoms with Crippen LogP contribution in [-0.2, 0) is 14.3 Å². The molecule has 0 aromatic carbocycles. The van der Waals surface area contributed by atoms with E-state index in [4.69, 9.17) is 4.74 Å². The molecule has 1 spiro atoms. The van der Waals surface area contributed by atoms with Gasteiger partial charge in [-0.25, -0.2) is 0 Å². The van der Waals surface area contributed by atoms with Gasteiger partial charge in [-0.15, -0.1) is 0 Å². The molecule has 0 aromatic rings. The summed E-state index contributed by atoms with van der Waals surface area (Å²) < 4.78 is 6.16. The van der Waals surface area contributed by atoms with Gasteiger partial charge in [-0.1, -0.05) is 19.4 Å². The lowest BCUT2D eigenvalue weighted by atomic mass is 9.40. The fourth-order valence-electron chi connectivity index (χ4n) is 7.50. The maximum absolute atomic E-state index is 12.6. The topological polar surface area (TPSA) is 43.4 Å². The van der Waals surface area contributed by atoms with Crippen molar-refractivity contribution in [3.8, 4) is 0 Å². The average molecular weight is 328 g/mol. The third-order valence-electron chi connectivity index (χ3n) is 9.01. The number of ketones is 2. The standard InChI is InChI=1S/C21H28O3/c1-19-7-8-21-12-24-11-13-10-20(21,2)14(9-17(13)22)3-4-16(21)15(19)5-6-18(19)23/h9,13,15-16H,3-8,10-12H2,1-2H3/t13-,15+,16+,19+,20+,21-/m1/s1. The Morgan fingerprint density at radius 2 is 1.88 bits per heavy atom. The van der Waals surface area contributed by atoms with Gasteiger partial charge in [0.05, 0.1) is 13.2 Å². The van der Waals surface area contributed by atoms with E-state index >= 15 is 0 Å². The fraction of sp³-hybridized carbons (Fsp3) is 0.810. The van der Waals surface area contributed by atoms with Crippen LogP contribution in [0.2, 0.25) is 0 Å². The second-order valence-electron chi connectivity index (χ2n) is 9.61. The molecule has 0 radical (unpaired) electrons. The highest BCUT2D eigenvalue weighted by atomic mass is 16.5. The zero-order valence-corrected chi connectivity index (χ0v) is 14.9. The number of fused-ring (bicyclic) bond motifs is 3. The number of hydrogen-bond acceptors (Lipinski definition) is 3. The normalized spacial score (nSPS) is 53.1. The van der Waals surface area contributed by atoms with Crippen molar-refractivity contribution in [2.45, 2.75) is 58.8 Å². The lowest BCUT2D eigenvalue weighted by Gasteiger charge is -2.64. The number of carbonyl (C=O) groups excluding carboxylic acids is 2. The molecule has 3 heteroatoms. The van der Waals surface area contributed by atoms with Gasteiger partial charge in [-0.05, 0) is 61.9 Å². The molecule has 1 saturated heterocycles. The van der Waals surface area contributed by atoms with Crippen LogP contribution in [0.5, 0.6) is 0 Å². The Hall–Kier alpha value is -0.960. The van der Waals surface area contributed by atoms with Gasteiger partial charge in [0.1, 0.15) is 5.78 Å². The van der Waals surface area contributed by atoms with Crippen LogP contribution in [-0.4, -0.2) is 24.8 Å². The first-order valence-electron chi connectivity index (χ1n) is 9.77. The predicted molar refractivity (Wildman–Crippen MR) is 90.4 cm³/mol. The highest BCUT2D eigenvalue weighted by molar-refractivity contribution is 5.94. The van der Waals surface area contributed by atoms with E-state index in [2.05, 4.69) is 13.8 Å². The van der Waals surface area contributed by atoms with E-state index in [9.17, 15) is 9.59 Å². The molecule has 5 rings (SSSR count). The van der Waals surface area contributed by atoms with Gasteiger partial charge in [-0.2, -0.15) is 0 Å². The number of hydrogen-bond donors (Lipinski definition) is 0. The van der Waals surface area contributed by atoms with Crippen LogP contribution in [0, 0.1) is 34.0 Å². The van der Waals surface area contributed by atoms with Crippen LogP contribution in [0.4, 0.5) is 0 Å². The van der Waals surface area contributed by atoms with Crippen LogP contribution in [0.15, 0.2) is 11.6 Å². The summed E-state index contributed by atoms with van der Waals surface area (Å²) in [5, 5.41) is 0. The Morgan fingerprint density at radius 1 is 1.08 bits per heavy atom. The van der Waals surface area contributed by atoms with Crippen molar-refractivity contribution < 1.29 is 14.3 Å². The van der Waals surface area contributed by atoms with E-state index in [0.717, 1.165) is 51.6 Å². The molecule has 4 fully saturated rings. The minimum absolute atomic E-state index is 0.0513. The minimum atomic E-state index is -0.0936. The van der Waals surface area contributed by atoms with Crippen molar-refractivity contribution in [1.29, 1.82) is 0 Å². The SMILES string of the molecule is C[C@@]12C[C@@H]3COC[C@@]14CC[C@]1(C)C(=O)CC[C@H]1[C@@H]4CCC2=CC3=O. The highest BCUT2D eigenvalue weighted by Crippen LogP contribution is 2.71. The zero-order chi connectivity index (χ0) is 16.7. The smallest absolute Gasteiger partial charge is 0.161 e. The van der Waals surface area contributed by atoms with Gasteiger partial charge in [0.15, 0.2) is 5.78 Å². The molecule has 0 amide bonds. The third kappa shape index (κ3) is 1.58. The summed E-state index contributed by atoms with van der Waals surface area (Å²) in [6.45, 7) is 6.03. The van der Waals surface area contributed by atoms with Crippen molar-refractivity contribution in [2.75, 3.05) is 13.2 Å². The molecule has 130 valence electrons. The Bertz CT molecular complexity index is 664. The highest BCUT2D eigenvalue weighted by Gasteiger charge is 2.67. The summed E-state index contributed by atoms with van der Waals surface area (Å²) in [4.78, 5) is 25.0. The molecule has 4 aliphatic carbocycles. The predicted octanol–water partition coefficient (Wildman–Crippen LogP) is 3.71. The van der Waals surface area contributed by atoms with Gasteiger partial charge in [0.2, 0.25) is 0 Å². The number of ether oxygens (including phenoxy) is 1. The average Bonchev–Trinajstić information content (AvgIpc) is 2.76. The van der Waals surface area contributed by atoms with Gasteiger partial charge >= 0.3 is 0 Å². The molecular weight excluding hydrogens is 300 g/mol. The van der Waals surface area contributed by atoms with Gasteiger partial charge in [0.25, 0.3) is 0 Å². The lowest BCUT2D eigenvalue weighted by Crippen LogP contribution is -2.60. The molecule has 1 aliphatic heterocycles. The molecule has 0 aromatic heterocycles. The quantitative estimate of drug-likeness (QED) is 0.681. The number of allylic oxidation sites excluding steroid dienone is 1. The van der Waals surface area contributed by atoms with Crippen LogP contribution in [0.25, 0.3) is 0 Å². The molecule has 3 saturated carbocycles. The van der Waals surface area contributed by atoms with Crippen molar-refractivity contribution in [1.82, 2.24) is 0 Å². The van der Waals surface area contributed by atoms with Crippen LogP contribution >= 0.6 is 0 Å². The van der Waals surface area contributed by atoms with E-state index in [-0.39, 0.29) is 27.9 Å². The van der Waals surface area contributed by atoms with E-state index in [1.165, 1.54) is 5.57 Å². The fourth-order valence-corrected chi connectivity index (χ4v) is 7.50. The molecule has 24 heavy (non-hydrogen) atoms. The van der Waals surface area contributed by atoms with Crippen molar-refractivity contribution >= 4 is 11.6 Å². The monoisotopic (exact) mass is 328 g/mol. The van der Waals surface area contributed by atoms with Crippen molar-refractivity contribution in [3.05, 3.63) is 11.6 Å². The summed E-state index contributed by atoms with van der Waals surface area (Å²) in [5.74, 6) is 1.94. The first-order valence-corrected chi connectivity index (χ1v) is 9.77. The maximum atomic E-state index is 12.6. The molecule has 1 heterocycles. The number of rotatable bonds is 0. The Kier molecular flexibility index (Phi) is 2.94. The maximum Gasteiger partial charge on any atom is 0.161 e. The third-order valence-corrected chi connectivity index (χ3v) is 9.01.